The summed E-state index contributed by atoms with van der Waals surface area (Å²) in [6.07, 6.45) is 2.14. The van der Waals surface area contributed by atoms with Gasteiger partial charge >= 0.3 is 5.97 Å². The van der Waals surface area contributed by atoms with E-state index in [1.54, 1.807) is 0 Å². The van der Waals surface area contributed by atoms with E-state index < -0.39 is 5.54 Å². The Balaban J connectivity index is 2.07. The first-order chi connectivity index (χ1) is 10.2. The molecule has 1 atom stereocenters. The van der Waals surface area contributed by atoms with Crippen LogP contribution in [-0.2, 0) is 15.1 Å². The summed E-state index contributed by atoms with van der Waals surface area (Å²) in [7, 11) is 1.48. The van der Waals surface area contributed by atoms with Crippen LogP contribution < -0.4 is 5.32 Å². The van der Waals surface area contributed by atoms with E-state index in [2.05, 4.69) is 10.2 Å². The molecule has 0 bridgehead atoms. The second-order valence-electron chi connectivity index (χ2n) is 5.78. The smallest absolute Gasteiger partial charge is 0.331 e. The van der Waals surface area contributed by atoms with Gasteiger partial charge in [-0.05, 0) is 36.5 Å². The number of rotatable bonds is 4. The van der Waals surface area contributed by atoms with E-state index in [1.807, 2.05) is 24.3 Å². The van der Waals surface area contributed by atoms with Gasteiger partial charge in [0.1, 0.15) is 5.54 Å². The second-order valence-corrected chi connectivity index (χ2v) is 6.21. The summed E-state index contributed by atoms with van der Waals surface area (Å²) in [5.41, 5.74) is 0.352. The monoisotopic (exact) mass is 308 g/mol. The average molecular weight is 309 g/mol. The minimum Gasteiger partial charge on any atom is -0.467 e. The van der Waals surface area contributed by atoms with Gasteiger partial charge in [0, 0.05) is 31.2 Å². The van der Waals surface area contributed by atoms with Gasteiger partial charge in [0.15, 0.2) is 0 Å². The Hall–Kier alpha value is -1.10. The Labute approximate surface area is 130 Å². The first-order valence-corrected chi connectivity index (χ1v) is 7.87. The van der Waals surface area contributed by atoms with E-state index in [4.69, 9.17) is 16.3 Å². The summed E-state index contributed by atoms with van der Waals surface area (Å²) in [6.45, 7) is 3.51. The number of ether oxygens (including phenoxy) is 1. The van der Waals surface area contributed by atoms with Crippen LogP contribution >= 0.6 is 11.6 Å². The van der Waals surface area contributed by atoms with E-state index >= 15 is 0 Å². The maximum Gasteiger partial charge on any atom is 0.331 e. The zero-order valence-electron chi connectivity index (χ0n) is 12.3. The van der Waals surface area contributed by atoms with Gasteiger partial charge in [-0.2, -0.15) is 0 Å². The van der Waals surface area contributed by atoms with Crippen LogP contribution in [-0.4, -0.2) is 44.2 Å². The topological polar surface area (TPSA) is 41.6 Å². The summed E-state index contributed by atoms with van der Waals surface area (Å²) < 4.78 is 5.22. The van der Waals surface area contributed by atoms with Crippen molar-refractivity contribution in [1.82, 2.24) is 10.2 Å². The molecule has 4 nitrogen and oxygen atoms in total. The number of nitrogens with one attached hydrogen (secondary N) is 1. The third-order valence-corrected chi connectivity index (χ3v) is 4.82. The lowest BCUT2D eigenvalue weighted by Crippen LogP contribution is -2.59. The summed E-state index contributed by atoms with van der Waals surface area (Å²) in [5, 5.41) is 4.04. The fraction of sp³-hybridized carbons (Fsp3) is 0.562. The molecule has 1 N–H and O–H groups in total. The molecule has 3 rings (SSSR count). The highest BCUT2D eigenvalue weighted by molar-refractivity contribution is 6.30. The third-order valence-electron chi connectivity index (χ3n) is 4.56. The van der Waals surface area contributed by atoms with E-state index in [0.717, 1.165) is 44.6 Å². The Bertz CT molecular complexity index is 510. The minimum atomic E-state index is -0.651. The molecule has 0 amide bonds. The highest BCUT2D eigenvalue weighted by Crippen LogP contribution is 2.50. The largest absolute Gasteiger partial charge is 0.467 e. The molecule has 1 aromatic rings. The summed E-state index contributed by atoms with van der Waals surface area (Å²) in [6, 6.07) is 7.66. The SMILES string of the molecule is COC(=O)C(c1ccc(Cl)cc1)(C1CC1)N1CCNCC1. The van der Waals surface area contributed by atoms with Gasteiger partial charge in [-0.25, -0.2) is 4.79 Å². The number of halogens is 1. The molecule has 0 spiro atoms. The van der Waals surface area contributed by atoms with Crippen molar-refractivity contribution in [3.63, 3.8) is 0 Å². The highest BCUT2D eigenvalue weighted by atomic mass is 35.5. The second kappa shape index (κ2) is 5.95. The van der Waals surface area contributed by atoms with Gasteiger partial charge in [0.05, 0.1) is 7.11 Å². The lowest BCUT2D eigenvalue weighted by molar-refractivity contribution is -0.159. The number of hydrogen-bond acceptors (Lipinski definition) is 4. The van der Waals surface area contributed by atoms with Gasteiger partial charge in [-0.3, -0.25) is 4.90 Å². The van der Waals surface area contributed by atoms with Crippen LogP contribution in [0, 0.1) is 5.92 Å². The molecule has 114 valence electrons. The van der Waals surface area contributed by atoms with Gasteiger partial charge in [-0.15, -0.1) is 0 Å². The molecule has 21 heavy (non-hydrogen) atoms. The molecule has 2 aliphatic rings. The van der Waals surface area contributed by atoms with Crippen LogP contribution in [0.2, 0.25) is 5.02 Å². The van der Waals surface area contributed by atoms with Crippen molar-refractivity contribution < 1.29 is 9.53 Å². The first-order valence-electron chi connectivity index (χ1n) is 7.50. The van der Waals surface area contributed by atoms with E-state index in [0.29, 0.717) is 10.9 Å². The van der Waals surface area contributed by atoms with Crippen molar-refractivity contribution in [2.75, 3.05) is 33.3 Å². The Morgan fingerprint density at radius 1 is 1.29 bits per heavy atom. The molecule has 2 fully saturated rings. The molecular weight excluding hydrogens is 288 g/mol. The van der Waals surface area contributed by atoms with Crippen molar-refractivity contribution in [1.29, 1.82) is 0 Å². The van der Waals surface area contributed by atoms with Crippen LogP contribution in [0.25, 0.3) is 0 Å². The lowest BCUT2D eigenvalue weighted by Gasteiger charge is -2.44. The number of carbonyl (C=O) groups is 1. The molecule has 1 saturated carbocycles. The van der Waals surface area contributed by atoms with Crippen molar-refractivity contribution in [2.24, 2.45) is 5.92 Å². The quantitative estimate of drug-likeness (QED) is 0.864. The van der Waals surface area contributed by atoms with Gasteiger partial charge in [-0.1, -0.05) is 23.7 Å². The standard InChI is InChI=1S/C16H21ClN2O2/c1-21-15(20)16(12-2-3-12,19-10-8-18-9-11-19)13-4-6-14(17)7-5-13/h4-7,12,18H,2-3,8-11H2,1H3. The highest BCUT2D eigenvalue weighted by Gasteiger charge is 2.56. The Kier molecular flexibility index (Phi) is 4.20. The third kappa shape index (κ3) is 2.56. The van der Waals surface area contributed by atoms with Gasteiger partial charge in [0.25, 0.3) is 0 Å². The average Bonchev–Trinajstić information content (AvgIpc) is 3.36. The van der Waals surface area contributed by atoms with Crippen molar-refractivity contribution >= 4 is 17.6 Å². The molecule has 5 heteroatoms. The molecule has 1 unspecified atom stereocenters. The number of benzene rings is 1. The van der Waals surface area contributed by atoms with Crippen LogP contribution in [0.5, 0.6) is 0 Å². The molecule has 0 aromatic heterocycles. The van der Waals surface area contributed by atoms with Crippen molar-refractivity contribution in [3.05, 3.63) is 34.9 Å². The summed E-state index contributed by atoms with van der Waals surface area (Å²) in [5.74, 6) is 0.193. The van der Waals surface area contributed by atoms with Gasteiger partial charge in [0.2, 0.25) is 0 Å². The summed E-state index contributed by atoms with van der Waals surface area (Å²) >= 11 is 6.02. The maximum absolute atomic E-state index is 12.8. The predicted octanol–water partition coefficient (Wildman–Crippen LogP) is 2.02. The van der Waals surface area contributed by atoms with E-state index in [9.17, 15) is 4.79 Å². The predicted molar refractivity (Wildman–Crippen MR) is 82.3 cm³/mol. The fourth-order valence-corrected chi connectivity index (χ4v) is 3.59. The van der Waals surface area contributed by atoms with Crippen molar-refractivity contribution in [3.8, 4) is 0 Å². The molecule has 1 aliphatic heterocycles. The van der Waals surface area contributed by atoms with Crippen LogP contribution in [0.15, 0.2) is 24.3 Å². The van der Waals surface area contributed by atoms with Crippen LogP contribution in [0.1, 0.15) is 18.4 Å². The Morgan fingerprint density at radius 2 is 1.90 bits per heavy atom. The number of hydrogen-bond donors (Lipinski definition) is 1. The molecular formula is C16H21ClN2O2. The first kappa shape index (κ1) is 14.8. The fourth-order valence-electron chi connectivity index (χ4n) is 3.47. The van der Waals surface area contributed by atoms with E-state index in [-0.39, 0.29) is 5.97 Å². The number of nitrogens with zero attached hydrogens (tertiary/aromatic N) is 1. The number of piperazine rings is 1. The molecule has 1 heterocycles. The zero-order chi connectivity index (χ0) is 14.9. The van der Waals surface area contributed by atoms with Crippen molar-refractivity contribution in [2.45, 2.75) is 18.4 Å². The molecule has 1 saturated heterocycles. The number of methoxy groups -OCH3 is 1. The molecule has 0 radical (unpaired) electrons. The Morgan fingerprint density at radius 3 is 2.43 bits per heavy atom. The number of esters is 1. The molecule has 1 aromatic carbocycles. The zero-order valence-corrected chi connectivity index (χ0v) is 13.0. The van der Waals surface area contributed by atoms with Crippen LogP contribution in [0.4, 0.5) is 0 Å². The van der Waals surface area contributed by atoms with Gasteiger partial charge < -0.3 is 10.1 Å². The molecule has 1 aliphatic carbocycles. The minimum absolute atomic E-state index is 0.144. The number of carbonyl (C=O) groups excluding carboxylic acids is 1. The summed E-state index contributed by atoms with van der Waals surface area (Å²) in [4.78, 5) is 15.1. The normalized spacial score (nSPS) is 22.6. The van der Waals surface area contributed by atoms with E-state index in [1.165, 1.54) is 7.11 Å². The van der Waals surface area contributed by atoms with Crippen LogP contribution in [0.3, 0.4) is 0 Å². The lowest BCUT2D eigenvalue weighted by atomic mass is 9.82. The maximum atomic E-state index is 12.8.